The molecule has 0 aromatic carbocycles. The second-order valence-electron chi connectivity index (χ2n) is 6.70. The van der Waals surface area contributed by atoms with Crippen LogP contribution in [0.5, 0.6) is 0 Å². The summed E-state index contributed by atoms with van der Waals surface area (Å²) < 4.78 is 10.8. The average molecular weight is 358 g/mol. The Kier molecular flexibility index (Phi) is 6.35. The molecule has 1 atom stereocenters. The predicted molar refractivity (Wildman–Crippen MR) is 97.3 cm³/mol. The van der Waals surface area contributed by atoms with Gasteiger partial charge in [-0.1, -0.05) is 5.16 Å². The molecule has 0 unspecified atom stereocenters. The van der Waals surface area contributed by atoms with E-state index in [1.54, 1.807) is 24.3 Å². The number of carbonyl (C=O) groups excluding carboxylic acids is 1. The molecule has 0 spiro atoms. The predicted octanol–water partition coefficient (Wildman–Crippen LogP) is 2.20. The van der Waals surface area contributed by atoms with Crippen molar-refractivity contribution < 1.29 is 14.1 Å². The van der Waals surface area contributed by atoms with E-state index in [1.807, 2.05) is 18.2 Å². The third-order valence-electron chi connectivity index (χ3n) is 4.80. The van der Waals surface area contributed by atoms with Crippen LogP contribution in [0.3, 0.4) is 0 Å². The van der Waals surface area contributed by atoms with E-state index in [4.69, 9.17) is 9.26 Å². The third-order valence-corrected chi connectivity index (χ3v) is 4.80. The second kappa shape index (κ2) is 8.91. The molecule has 140 valence electrons. The van der Waals surface area contributed by atoms with E-state index in [0.717, 1.165) is 44.0 Å². The molecule has 0 saturated carbocycles. The average Bonchev–Trinajstić information content (AvgIpc) is 3.15. The summed E-state index contributed by atoms with van der Waals surface area (Å²) in [5, 5.41) is 4.07. The number of pyridine rings is 1. The summed E-state index contributed by atoms with van der Waals surface area (Å²) >= 11 is 0. The van der Waals surface area contributed by atoms with Gasteiger partial charge in [-0.25, -0.2) is 0 Å². The highest BCUT2D eigenvalue weighted by Gasteiger charge is 2.19. The van der Waals surface area contributed by atoms with Gasteiger partial charge in [-0.05, 0) is 25.5 Å². The van der Waals surface area contributed by atoms with Gasteiger partial charge >= 0.3 is 0 Å². The number of ether oxygens (including phenoxy) is 1. The molecule has 2 aromatic heterocycles. The number of carbonyl (C=O) groups is 1. The lowest BCUT2D eigenvalue weighted by Crippen LogP contribution is -2.42. The van der Waals surface area contributed by atoms with Crippen LogP contribution in [-0.2, 0) is 16.1 Å². The molecule has 2 aromatic rings. The number of morpholine rings is 1. The molecule has 1 aliphatic rings. The minimum Gasteiger partial charge on any atom is -0.379 e. The Morgan fingerprint density at radius 1 is 1.31 bits per heavy atom. The van der Waals surface area contributed by atoms with Crippen molar-refractivity contribution >= 4 is 5.91 Å². The number of nitrogens with zero attached hydrogens (tertiary/aromatic N) is 4. The Balaban J connectivity index is 1.47. The fourth-order valence-corrected chi connectivity index (χ4v) is 3.09. The van der Waals surface area contributed by atoms with Crippen LogP contribution in [0, 0.1) is 0 Å². The maximum atomic E-state index is 12.4. The molecule has 7 heteroatoms. The van der Waals surface area contributed by atoms with Crippen molar-refractivity contribution in [1.82, 2.24) is 19.9 Å². The van der Waals surface area contributed by atoms with Gasteiger partial charge in [-0.15, -0.1) is 0 Å². The number of rotatable bonds is 7. The van der Waals surface area contributed by atoms with Crippen LogP contribution in [-0.4, -0.2) is 65.2 Å². The number of amides is 1. The zero-order valence-corrected chi connectivity index (χ0v) is 15.4. The van der Waals surface area contributed by atoms with Crippen molar-refractivity contribution in [2.45, 2.75) is 32.4 Å². The standard InChI is InChI=1S/C19H26N4O3/c1-15(23-9-11-25-12-10-23)3-4-19(24)22(2)14-17-13-18(21-26-17)16-5-7-20-8-6-16/h5-8,13,15H,3-4,9-12,14H2,1-2H3/t15-/m1/s1. The molecule has 1 aliphatic heterocycles. The molecule has 26 heavy (non-hydrogen) atoms. The summed E-state index contributed by atoms with van der Waals surface area (Å²) in [7, 11) is 1.80. The molecule has 0 bridgehead atoms. The van der Waals surface area contributed by atoms with E-state index in [1.165, 1.54) is 0 Å². The Morgan fingerprint density at radius 3 is 2.77 bits per heavy atom. The summed E-state index contributed by atoms with van der Waals surface area (Å²) in [5.41, 5.74) is 1.70. The van der Waals surface area contributed by atoms with Gasteiger partial charge in [-0.3, -0.25) is 14.7 Å². The molecule has 0 aliphatic carbocycles. The largest absolute Gasteiger partial charge is 0.379 e. The van der Waals surface area contributed by atoms with Gasteiger partial charge in [-0.2, -0.15) is 0 Å². The number of hydrogen-bond donors (Lipinski definition) is 0. The van der Waals surface area contributed by atoms with Gasteiger partial charge in [0.05, 0.1) is 19.8 Å². The fourth-order valence-electron chi connectivity index (χ4n) is 3.09. The SMILES string of the molecule is C[C@H](CCC(=O)N(C)Cc1cc(-c2ccncc2)no1)N1CCOCC1. The lowest BCUT2D eigenvalue weighted by Gasteiger charge is -2.32. The number of aromatic nitrogens is 2. The Labute approximate surface area is 153 Å². The Morgan fingerprint density at radius 2 is 2.04 bits per heavy atom. The van der Waals surface area contributed by atoms with Crippen LogP contribution in [0.15, 0.2) is 35.1 Å². The minimum absolute atomic E-state index is 0.118. The van der Waals surface area contributed by atoms with Crippen LogP contribution < -0.4 is 0 Å². The highest BCUT2D eigenvalue weighted by Crippen LogP contribution is 2.19. The molecule has 7 nitrogen and oxygen atoms in total. The van der Waals surface area contributed by atoms with E-state index in [2.05, 4.69) is 22.0 Å². The first-order chi connectivity index (χ1) is 12.6. The molecule has 1 amide bonds. The quantitative estimate of drug-likeness (QED) is 0.756. The van der Waals surface area contributed by atoms with Crippen molar-refractivity contribution in [3.05, 3.63) is 36.4 Å². The summed E-state index contributed by atoms with van der Waals surface area (Å²) in [6.45, 7) is 6.05. The van der Waals surface area contributed by atoms with Gasteiger partial charge in [0.1, 0.15) is 5.69 Å². The van der Waals surface area contributed by atoms with Crippen LogP contribution >= 0.6 is 0 Å². The first-order valence-electron chi connectivity index (χ1n) is 9.05. The molecule has 0 N–H and O–H groups in total. The van der Waals surface area contributed by atoms with Gasteiger partial charge in [0.2, 0.25) is 5.91 Å². The zero-order chi connectivity index (χ0) is 18.4. The van der Waals surface area contributed by atoms with Gasteiger partial charge < -0.3 is 14.2 Å². The normalized spacial score (nSPS) is 16.4. The summed E-state index contributed by atoms with van der Waals surface area (Å²) in [6.07, 6.45) is 4.81. The lowest BCUT2D eigenvalue weighted by molar-refractivity contribution is -0.131. The van der Waals surface area contributed by atoms with Crippen molar-refractivity contribution in [3.63, 3.8) is 0 Å². The topological polar surface area (TPSA) is 71.7 Å². The van der Waals surface area contributed by atoms with E-state index >= 15 is 0 Å². The maximum absolute atomic E-state index is 12.4. The first-order valence-corrected chi connectivity index (χ1v) is 9.05. The van der Waals surface area contributed by atoms with Crippen molar-refractivity contribution in [2.24, 2.45) is 0 Å². The highest BCUT2D eigenvalue weighted by molar-refractivity contribution is 5.75. The van der Waals surface area contributed by atoms with Crippen LogP contribution in [0.4, 0.5) is 0 Å². The van der Waals surface area contributed by atoms with E-state index in [9.17, 15) is 4.79 Å². The van der Waals surface area contributed by atoms with Crippen LogP contribution in [0.1, 0.15) is 25.5 Å². The van der Waals surface area contributed by atoms with Crippen LogP contribution in [0.25, 0.3) is 11.3 Å². The van der Waals surface area contributed by atoms with Crippen molar-refractivity contribution in [2.75, 3.05) is 33.4 Å². The molecular formula is C19H26N4O3. The Hall–Kier alpha value is -2.25. The summed E-state index contributed by atoms with van der Waals surface area (Å²) in [6, 6.07) is 6.02. The molecule has 1 saturated heterocycles. The Bertz CT molecular complexity index is 698. The van der Waals surface area contributed by atoms with Crippen LogP contribution in [0.2, 0.25) is 0 Å². The first kappa shape index (κ1) is 18.5. The lowest BCUT2D eigenvalue weighted by atomic mass is 10.1. The van der Waals surface area contributed by atoms with Gasteiger partial charge in [0, 0.05) is 56.6 Å². The molecule has 0 radical (unpaired) electrons. The summed E-state index contributed by atoms with van der Waals surface area (Å²) in [5.74, 6) is 0.792. The van der Waals surface area contributed by atoms with E-state index < -0.39 is 0 Å². The van der Waals surface area contributed by atoms with E-state index in [0.29, 0.717) is 24.8 Å². The van der Waals surface area contributed by atoms with Gasteiger partial charge in [0.25, 0.3) is 0 Å². The maximum Gasteiger partial charge on any atom is 0.222 e. The fraction of sp³-hybridized carbons (Fsp3) is 0.526. The monoisotopic (exact) mass is 358 g/mol. The molecule has 3 rings (SSSR count). The second-order valence-corrected chi connectivity index (χ2v) is 6.70. The third kappa shape index (κ3) is 4.89. The minimum atomic E-state index is 0.118. The number of hydrogen-bond acceptors (Lipinski definition) is 6. The smallest absolute Gasteiger partial charge is 0.222 e. The van der Waals surface area contributed by atoms with Crippen molar-refractivity contribution in [1.29, 1.82) is 0 Å². The van der Waals surface area contributed by atoms with Crippen molar-refractivity contribution in [3.8, 4) is 11.3 Å². The van der Waals surface area contributed by atoms with Gasteiger partial charge in [0.15, 0.2) is 5.76 Å². The van der Waals surface area contributed by atoms with E-state index in [-0.39, 0.29) is 5.91 Å². The molecule has 1 fully saturated rings. The molecular weight excluding hydrogens is 332 g/mol. The molecule has 3 heterocycles. The highest BCUT2D eigenvalue weighted by atomic mass is 16.5. The zero-order valence-electron chi connectivity index (χ0n) is 15.4. The summed E-state index contributed by atoms with van der Waals surface area (Å²) in [4.78, 5) is 20.5.